The zero-order chi connectivity index (χ0) is 67.0. The normalized spacial score (nSPS) is 12.7. The molecule has 2 heterocycles. The summed E-state index contributed by atoms with van der Waals surface area (Å²) in [4.78, 5) is 160. The van der Waals surface area contributed by atoms with E-state index < -0.39 is 142 Å². The van der Waals surface area contributed by atoms with E-state index in [2.05, 4.69) is 73.1 Å². The van der Waals surface area contributed by atoms with E-state index in [1.54, 1.807) is 0 Å². The summed E-state index contributed by atoms with van der Waals surface area (Å²) >= 11 is 0. The summed E-state index contributed by atoms with van der Waals surface area (Å²) in [5.74, 6) is -9.25. The number of H-pyrrole nitrogens is 2. The molecule has 0 aliphatic heterocycles. The highest BCUT2D eigenvalue weighted by atomic mass is 16.5. The number of aliphatic hydroxyl groups excluding tert-OH is 1. The largest absolute Gasteiger partial charge is 0.480 e. The number of nitrogens with zero attached hydrogens (tertiary/aromatic N) is 5. The molecule has 0 spiro atoms. The number of hydrogen-bond acceptors (Lipinski definition) is 20. The van der Waals surface area contributed by atoms with Crippen molar-refractivity contribution in [2.75, 3.05) is 72.3 Å². The molecule has 2 aromatic heterocycles. The number of ether oxygens (including phenoxy) is 2. The van der Waals surface area contributed by atoms with Crippen molar-refractivity contribution in [3.8, 4) is 0 Å². The van der Waals surface area contributed by atoms with Gasteiger partial charge in [0.15, 0.2) is 11.6 Å². The van der Waals surface area contributed by atoms with Gasteiger partial charge in [-0.2, -0.15) is 5.21 Å². The van der Waals surface area contributed by atoms with E-state index in [1.807, 2.05) is 6.92 Å². The van der Waals surface area contributed by atoms with Gasteiger partial charge in [-0.25, -0.2) is 4.98 Å². The molecule has 9 amide bonds. The zero-order valence-electron chi connectivity index (χ0n) is 52.7. The van der Waals surface area contributed by atoms with Crippen LogP contribution in [0.1, 0.15) is 167 Å². The predicted octanol–water partition coefficient (Wildman–Crippen LogP) is -1.35. The van der Waals surface area contributed by atoms with Crippen molar-refractivity contribution in [2.24, 2.45) is 5.73 Å². The summed E-state index contributed by atoms with van der Waals surface area (Å²) in [6.45, 7) is -0.144. The van der Waals surface area contributed by atoms with Crippen LogP contribution in [0.4, 0.5) is 0 Å². The minimum Gasteiger partial charge on any atom is -0.480 e. The Morgan fingerprint density at radius 1 is 0.571 bits per heavy atom. The van der Waals surface area contributed by atoms with Gasteiger partial charge in [-0.15, -0.1) is 10.2 Å². The topological polar surface area (TPSA) is 493 Å². The minimum absolute atomic E-state index is 0.00490. The van der Waals surface area contributed by atoms with Crippen LogP contribution in [-0.2, 0) is 79.8 Å². The highest BCUT2D eigenvalue weighted by molar-refractivity contribution is 5.97. The molecule has 33 heteroatoms. The van der Waals surface area contributed by atoms with Gasteiger partial charge in [0.25, 0.3) is 0 Å². The lowest BCUT2D eigenvalue weighted by Crippen LogP contribution is -2.60. The molecule has 91 heavy (non-hydrogen) atoms. The van der Waals surface area contributed by atoms with E-state index in [4.69, 9.17) is 25.4 Å². The molecule has 512 valence electrons. The lowest BCUT2D eigenvalue weighted by atomic mass is 10.0. The van der Waals surface area contributed by atoms with Crippen molar-refractivity contribution in [2.45, 2.75) is 198 Å². The number of carboxylic acid groups (broad SMARTS) is 2. The Morgan fingerprint density at radius 2 is 1.13 bits per heavy atom. The molecule has 0 bridgehead atoms. The van der Waals surface area contributed by atoms with Crippen molar-refractivity contribution in [1.82, 2.24) is 78.0 Å². The molecule has 0 saturated heterocycles. The van der Waals surface area contributed by atoms with Gasteiger partial charge in [-0.3, -0.25) is 62.4 Å². The zero-order valence-corrected chi connectivity index (χ0v) is 52.7. The van der Waals surface area contributed by atoms with E-state index in [0.717, 1.165) is 42.8 Å². The molecular formula is C58H98N16O17. The van der Waals surface area contributed by atoms with Crippen LogP contribution in [0.5, 0.6) is 0 Å². The minimum atomic E-state index is -1.69. The summed E-state index contributed by atoms with van der Waals surface area (Å²) in [7, 11) is 0. The first kappa shape index (κ1) is 79.1. The third-order valence-corrected chi connectivity index (χ3v) is 14.2. The van der Waals surface area contributed by atoms with Gasteiger partial charge >= 0.3 is 11.9 Å². The first-order chi connectivity index (χ1) is 43.7. The third kappa shape index (κ3) is 39.7. The fourth-order valence-corrected chi connectivity index (χ4v) is 9.24. The monoisotopic (exact) mass is 1290 g/mol. The molecule has 0 aliphatic carbocycles. The molecule has 0 unspecified atom stereocenters. The summed E-state index contributed by atoms with van der Waals surface area (Å²) < 4.78 is 10.8. The van der Waals surface area contributed by atoms with Crippen LogP contribution in [0.25, 0.3) is 0 Å². The number of hydrogen-bond donors (Lipinski definition) is 14. The highest BCUT2D eigenvalue weighted by Gasteiger charge is 2.33. The van der Waals surface area contributed by atoms with Gasteiger partial charge in [0.05, 0.1) is 65.0 Å². The number of ketones is 1. The average Bonchev–Trinajstić information content (AvgIpc) is 3.61. The molecule has 0 fully saturated rings. The number of aliphatic hydroxyl groups is 1. The van der Waals surface area contributed by atoms with Gasteiger partial charge in [-0.1, -0.05) is 95.6 Å². The number of rotatable bonds is 56. The van der Waals surface area contributed by atoms with Crippen LogP contribution >= 0.6 is 0 Å². The number of unbranched alkanes of at least 4 members (excludes halogenated alkanes) is 14. The SMILES string of the molecule is CCCC[C@H](NC(=O)[C@H](CCCCNC(=O)CN(CC(=O)O)CC(=O)O)NC(=O)[C@H](Cc1cnc[nH]1)NC(=O)[C@H](CCC(N)=O)NC(=O)[C@H](CO)NC(=O)CNC(=O)COCCOCCNC(=O)CCCCCCCCCCCCCCCc1nn[nH]n1)C(C)=O. The first-order valence-corrected chi connectivity index (χ1v) is 31.4. The van der Waals surface area contributed by atoms with Crippen molar-refractivity contribution >= 4 is 70.9 Å². The van der Waals surface area contributed by atoms with Gasteiger partial charge in [0, 0.05) is 50.7 Å². The van der Waals surface area contributed by atoms with Crippen molar-refractivity contribution in [3.63, 3.8) is 0 Å². The number of aromatic nitrogens is 6. The molecular weight excluding hydrogens is 1190 g/mol. The number of aliphatic carboxylic acids is 2. The Morgan fingerprint density at radius 3 is 1.70 bits per heavy atom. The molecule has 15 N–H and O–H groups in total. The number of nitrogens with one attached hydrogen (secondary N) is 10. The third-order valence-electron chi connectivity index (χ3n) is 14.2. The summed E-state index contributed by atoms with van der Waals surface area (Å²) in [6.07, 6.45) is 19.8. The number of amides is 9. The number of imidazole rings is 1. The molecule has 0 saturated carbocycles. The maximum absolute atomic E-state index is 14.2. The maximum atomic E-state index is 14.2. The summed E-state index contributed by atoms with van der Waals surface area (Å²) in [5.41, 5.74) is 5.72. The fraction of sp³-hybridized carbons (Fsp3) is 0.724. The number of primary amides is 1. The van der Waals surface area contributed by atoms with Crippen LogP contribution in [-0.4, -0.2) is 224 Å². The standard InChI is InChI=1S/C58H98N16O17/c1-3-4-20-42(40(2)76)66-55(86)43(21-18-19-26-61-51(80)34-74(35-53(82)83)36-54(84)85)67-57(88)45(31-41-32-60-39-64-41)69-56(87)44(24-25-47(59)77)68-58(89)46(37-75)65-50(79)33-63-52(81)38-91-30-29-90-28-27-62-49(78)23-17-15-13-11-9-7-5-6-8-10-12-14-16-22-48-70-72-73-71-48/h32,39,42-46,75H,3-31,33-38H2,1-2H3,(H2,59,77)(H,60,64)(H,61,80)(H,62,78)(H,63,81)(H,65,79)(H,66,86)(H,67,88)(H,68,89)(H,69,87)(H,82,83)(H,84,85)(H,70,71,72,73)/t42-,43-,44-,45-,46-/m0/s1. The second kappa shape index (κ2) is 48.8. The number of aryl methyl sites for hydroxylation is 1. The molecule has 0 radical (unpaired) electrons. The smallest absolute Gasteiger partial charge is 0.317 e. The van der Waals surface area contributed by atoms with Gasteiger partial charge in [0.1, 0.15) is 30.8 Å². The van der Waals surface area contributed by atoms with Crippen LogP contribution in [0.3, 0.4) is 0 Å². The van der Waals surface area contributed by atoms with Crippen molar-refractivity contribution in [1.29, 1.82) is 0 Å². The molecule has 2 aromatic rings. The first-order valence-electron chi connectivity index (χ1n) is 31.4. The van der Waals surface area contributed by atoms with Crippen LogP contribution in [0.2, 0.25) is 0 Å². The summed E-state index contributed by atoms with van der Waals surface area (Å²) in [6, 6.07) is -7.06. The molecule has 0 aliphatic rings. The van der Waals surface area contributed by atoms with E-state index >= 15 is 0 Å². The second-order valence-electron chi connectivity index (χ2n) is 22.1. The van der Waals surface area contributed by atoms with Crippen molar-refractivity contribution in [3.05, 3.63) is 24.0 Å². The van der Waals surface area contributed by atoms with E-state index in [0.29, 0.717) is 37.9 Å². The number of carboxylic acids is 2. The number of carbonyl (C=O) groups excluding carboxylic acids is 10. The van der Waals surface area contributed by atoms with Gasteiger partial charge in [-0.05, 0) is 51.9 Å². The Labute approximate surface area is 529 Å². The number of carbonyl (C=O) groups is 12. The van der Waals surface area contributed by atoms with Crippen LogP contribution in [0, 0.1) is 0 Å². The van der Waals surface area contributed by atoms with Crippen molar-refractivity contribution < 1.29 is 82.3 Å². The molecule has 2 rings (SSSR count). The average molecular weight is 1290 g/mol. The second-order valence-corrected chi connectivity index (χ2v) is 22.1. The lowest BCUT2D eigenvalue weighted by molar-refractivity contribution is -0.142. The number of tetrazole rings is 1. The summed E-state index contributed by atoms with van der Waals surface area (Å²) in [5, 5.41) is 62.4. The highest BCUT2D eigenvalue weighted by Crippen LogP contribution is 2.14. The molecule has 0 aromatic carbocycles. The van der Waals surface area contributed by atoms with E-state index in [1.165, 1.54) is 77.2 Å². The number of nitrogens with two attached hydrogens (primary N) is 1. The van der Waals surface area contributed by atoms with E-state index in [9.17, 15) is 62.6 Å². The molecule has 33 nitrogen and oxygen atoms in total. The van der Waals surface area contributed by atoms with Crippen LogP contribution < -0.4 is 48.3 Å². The maximum Gasteiger partial charge on any atom is 0.317 e. The molecule has 5 atom stereocenters. The van der Waals surface area contributed by atoms with Crippen LogP contribution in [0.15, 0.2) is 12.5 Å². The Balaban J connectivity index is 1.84. The predicted molar refractivity (Wildman–Crippen MR) is 326 cm³/mol. The Kier molecular flexibility index (Phi) is 42.4. The Bertz CT molecular complexity index is 2470. The Hall–Kier alpha value is -8.04. The lowest BCUT2D eigenvalue weighted by Gasteiger charge is -2.27. The number of Topliss-reactive ketones (excluding diaryl/α,β-unsaturated/α-hetero) is 1. The van der Waals surface area contributed by atoms with E-state index in [-0.39, 0.29) is 63.7 Å². The van der Waals surface area contributed by atoms with Gasteiger partial charge < -0.3 is 78.0 Å². The number of aromatic amines is 2. The van der Waals surface area contributed by atoms with Gasteiger partial charge in [0.2, 0.25) is 53.2 Å². The quantitative estimate of drug-likeness (QED) is 0.0341. The fourth-order valence-electron chi connectivity index (χ4n) is 9.24.